The maximum atomic E-state index is 15.6. The van der Waals surface area contributed by atoms with Crippen molar-refractivity contribution in [3.05, 3.63) is 41.0 Å². The van der Waals surface area contributed by atoms with Gasteiger partial charge in [0, 0.05) is 31.6 Å². The number of carbonyl (C=O) groups is 4. The number of aryl methyl sites for hydroxylation is 1. The van der Waals surface area contributed by atoms with Gasteiger partial charge in [0.15, 0.2) is 11.9 Å². The molecule has 0 spiro atoms. The summed E-state index contributed by atoms with van der Waals surface area (Å²) in [5.74, 6) is -3.64. The van der Waals surface area contributed by atoms with E-state index in [-0.39, 0.29) is 29.2 Å². The first-order valence-electron chi connectivity index (χ1n) is 16.5. The molecule has 0 radical (unpaired) electrons. The Kier molecular flexibility index (Phi) is 12.0. The minimum Gasteiger partial charge on any atom is -0.341 e. The highest BCUT2D eigenvalue weighted by atomic mass is 19.1. The number of aromatic nitrogens is 2. The highest BCUT2D eigenvalue weighted by molar-refractivity contribution is 6.01. The molecule has 2 heterocycles. The number of rotatable bonds is 11. The first kappa shape index (κ1) is 35.9. The molecule has 2 aromatic rings. The second kappa shape index (κ2) is 15.8. The zero-order valence-corrected chi connectivity index (χ0v) is 28.0. The number of piperazine rings is 1. The Labute approximate surface area is 274 Å². The fraction of sp³-hybridized carbons (Fsp3) is 0.636. The van der Waals surface area contributed by atoms with E-state index in [1.165, 1.54) is 12.1 Å². The van der Waals surface area contributed by atoms with E-state index >= 15 is 4.39 Å². The minimum absolute atomic E-state index is 0.00313. The molecular formula is C33H47F2N7O5. The summed E-state index contributed by atoms with van der Waals surface area (Å²) in [4.78, 5) is 56.6. The van der Waals surface area contributed by atoms with Crippen molar-refractivity contribution in [1.29, 1.82) is 0 Å². The van der Waals surface area contributed by atoms with Crippen LogP contribution in [0.5, 0.6) is 0 Å². The molecule has 1 aromatic heterocycles. The van der Waals surface area contributed by atoms with Crippen LogP contribution in [-0.4, -0.2) is 94.7 Å². The Hall–Kier alpha value is -3.94. The SMILES string of the molecule is CCc1nonc1C(=O)N[C@H](C(=O)Nc1ccc([C@H](C)C(NC(=O)C(C)F)C(=O)N2CCN(C)[C@H](C)C2)cc1F)C1CCC(C)CC1. The maximum Gasteiger partial charge on any atom is 0.276 e. The van der Waals surface area contributed by atoms with E-state index in [0.29, 0.717) is 56.1 Å². The summed E-state index contributed by atoms with van der Waals surface area (Å²) < 4.78 is 34.3. The van der Waals surface area contributed by atoms with Crippen LogP contribution < -0.4 is 16.0 Å². The van der Waals surface area contributed by atoms with Crippen LogP contribution >= 0.6 is 0 Å². The maximum absolute atomic E-state index is 15.6. The number of likely N-dealkylation sites (N-methyl/N-ethyl adjacent to an activating group) is 1. The van der Waals surface area contributed by atoms with Gasteiger partial charge in [-0.15, -0.1) is 0 Å². The molecule has 2 unspecified atom stereocenters. The average molecular weight is 660 g/mol. The smallest absolute Gasteiger partial charge is 0.276 e. The fourth-order valence-electron chi connectivity index (χ4n) is 6.27. The van der Waals surface area contributed by atoms with Crippen LogP contribution in [0.2, 0.25) is 0 Å². The molecule has 1 aliphatic carbocycles. The van der Waals surface area contributed by atoms with E-state index in [0.717, 1.165) is 19.8 Å². The van der Waals surface area contributed by atoms with Crippen LogP contribution in [0, 0.1) is 17.7 Å². The topological polar surface area (TPSA) is 150 Å². The molecule has 5 atom stereocenters. The first-order valence-corrected chi connectivity index (χ1v) is 16.5. The number of benzene rings is 1. The van der Waals surface area contributed by atoms with Gasteiger partial charge in [-0.05, 0) is 74.8 Å². The summed E-state index contributed by atoms with van der Waals surface area (Å²) in [6, 6.07) is 2.14. The normalized spacial score (nSPS) is 22.9. The summed E-state index contributed by atoms with van der Waals surface area (Å²) in [5, 5.41) is 15.4. The van der Waals surface area contributed by atoms with Crippen molar-refractivity contribution in [3.63, 3.8) is 0 Å². The molecule has 2 fully saturated rings. The zero-order valence-electron chi connectivity index (χ0n) is 28.0. The van der Waals surface area contributed by atoms with Crippen molar-refractivity contribution < 1.29 is 32.6 Å². The molecule has 4 amide bonds. The number of hydrogen-bond acceptors (Lipinski definition) is 8. The molecule has 3 N–H and O–H groups in total. The molecule has 47 heavy (non-hydrogen) atoms. The molecule has 14 heteroatoms. The lowest BCUT2D eigenvalue weighted by atomic mass is 9.79. The number of anilines is 1. The van der Waals surface area contributed by atoms with Gasteiger partial charge in [-0.2, -0.15) is 0 Å². The molecule has 1 saturated heterocycles. The molecule has 2 aliphatic rings. The third-order valence-electron chi connectivity index (χ3n) is 9.68. The number of halogens is 2. The van der Waals surface area contributed by atoms with E-state index in [4.69, 9.17) is 4.63 Å². The van der Waals surface area contributed by atoms with Gasteiger partial charge in [-0.25, -0.2) is 13.4 Å². The predicted octanol–water partition coefficient (Wildman–Crippen LogP) is 3.44. The van der Waals surface area contributed by atoms with E-state index in [2.05, 4.69) is 38.1 Å². The molecule has 0 bridgehead atoms. The summed E-state index contributed by atoms with van der Waals surface area (Å²) >= 11 is 0. The van der Waals surface area contributed by atoms with Crippen LogP contribution in [0.1, 0.15) is 88.0 Å². The molecule has 1 aliphatic heterocycles. The van der Waals surface area contributed by atoms with Crippen LogP contribution in [0.25, 0.3) is 0 Å². The summed E-state index contributed by atoms with van der Waals surface area (Å²) in [6.45, 7) is 10.2. The number of alkyl halides is 1. The Bertz CT molecular complexity index is 1430. The number of nitrogens with zero attached hydrogens (tertiary/aromatic N) is 4. The van der Waals surface area contributed by atoms with Crippen molar-refractivity contribution in [2.24, 2.45) is 11.8 Å². The van der Waals surface area contributed by atoms with Crippen molar-refractivity contribution in [1.82, 2.24) is 30.7 Å². The highest BCUT2D eigenvalue weighted by Crippen LogP contribution is 2.32. The van der Waals surface area contributed by atoms with Gasteiger partial charge in [0.05, 0.1) is 5.69 Å². The van der Waals surface area contributed by atoms with Crippen molar-refractivity contribution in [3.8, 4) is 0 Å². The zero-order chi connectivity index (χ0) is 34.4. The number of hydrogen-bond donors (Lipinski definition) is 3. The van der Waals surface area contributed by atoms with Gasteiger partial charge in [-0.1, -0.05) is 44.8 Å². The monoisotopic (exact) mass is 659 g/mol. The van der Waals surface area contributed by atoms with Gasteiger partial charge < -0.3 is 25.8 Å². The summed E-state index contributed by atoms with van der Waals surface area (Å²) in [7, 11) is 1.96. The second-order valence-electron chi connectivity index (χ2n) is 13.1. The number of amides is 4. The Morgan fingerprint density at radius 2 is 1.72 bits per heavy atom. The third kappa shape index (κ3) is 8.70. The van der Waals surface area contributed by atoms with Crippen LogP contribution in [0.4, 0.5) is 14.5 Å². The molecule has 1 saturated carbocycles. The van der Waals surface area contributed by atoms with Gasteiger partial charge in [-0.3, -0.25) is 19.2 Å². The fourth-order valence-corrected chi connectivity index (χ4v) is 6.27. The third-order valence-corrected chi connectivity index (χ3v) is 9.68. The molecule has 4 rings (SSSR count). The lowest BCUT2D eigenvalue weighted by Gasteiger charge is -2.40. The van der Waals surface area contributed by atoms with E-state index in [1.54, 1.807) is 24.8 Å². The lowest BCUT2D eigenvalue weighted by Crippen LogP contribution is -2.58. The van der Waals surface area contributed by atoms with E-state index in [9.17, 15) is 23.6 Å². The molecular weight excluding hydrogens is 612 g/mol. The Morgan fingerprint density at radius 3 is 2.34 bits per heavy atom. The van der Waals surface area contributed by atoms with E-state index in [1.807, 2.05) is 14.0 Å². The minimum atomic E-state index is -1.84. The van der Waals surface area contributed by atoms with Crippen molar-refractivity contribution in [2.45, 2.75) is 96.9 Å². The van der Waals surface area contributed by atoms with Crippen molar-refractivity contribution in [2.75, 3.05) is 32.0 Å². The average Bonchev–Trinajstić information content (AvgIpc) is 3.53. The quantitative estimate of drug-likeness (QED) is 0.332. The van der Waals surface area contributed by atoms with Gasteiger partial charge in [0.25, 0.3) is 11.8 Å². The first-order chi connectivity index (χ1) is 22.3. The summed E-state index contributed by atoms with van der Waals surface area (Å²) in [6.07, 6.45) is 1.77. The van der Waals surface area contributed by atoms with Gasteiger partial charge in [0.2, 0.25) is 11.8 Å². The van der Waals surface area contributed by atoms with Crippen molar-refractivity contribution >= 4 is 29.3 Å². The van der Waals surface area contributed by atoms with Gasteiger partial charge >= 0.3 is 0 Å². The highest BCUT2D eigenvalue weighted by Gasteiger charge is 2.37. The van der Waals surface area contributed by atoms with Gasteiger partial charge in [0.1, 0.15) is 23.6 Å². The second-order valence-corrected chi connectivity index (χ2v) is 13.1. The number of nitrogens with one attached hydrogen (secondary N) is 3. The Balaban J connectivity index is 1.53. The van der Waals surface area contributed by atoms with Crippen LogP contribution in [0.3, 0.4) is 0 Å². The van der Waals surface area contributed by atoms with Crippen LogP contribution in [0.15, 0.2) is 22.8 Å². The Morgan fingerprint density at radius 1 is 1.02 bits per heavy atom. The summed E-state index contributed by atoms with van der Waals surface area (Å²) in [5.41, 5.74) is 0.641. The standard InChI is InChI=1S/C33H47F2N7O5/c1-7-25-29(40-47-39-25)32(45)38-28(22-10-8-18(2)9-11-22)31(44)36-26-13-12-23(16-24(26)35)20(4)27(37-30(43)21(5)34)33(46)42-15-14-41(6)19(3)17-42/h12-13,16,18-22,27-28H,7-11,14-15,17H2,1-6H3,(H,36,44)(H,37,43)(H,38,45)/t18?,19-,20+,21?,22?,27?,28+/m1/s1. The molecule has 12 nitrogen and oxygen atoms in total. The largest absolute Gasteiger partial charge is 0.341 e. The molecule has 258 valence electrons. The van der Waals surface area contributed by atoms with Crippen LogP contribution in [-0.2, 0) is 20.8 Å². The number of carbonyl (C=O) groups excluding carboxylic acids is 4. The molecule has 1 aromatic carbocycles. The predicted molar refractivity (Wildman–Crippen MR) is 171 cm³/mol. The van der Waals surface area contributed by atoms with E-state index < -0.39 is 47.7 Å². The lowest BCUT2D eigenvalue weighted by molar-refractivity contribution is -0.140.